The van der Waals surface area contributed by atoms with E-state index >= 15 is 0 Å². The maximum atomic E-state index is 3.95. The molecule has 0 N–H and O–H groups in total. The van der Waals surface area contributed by atoms with Crippen LogP contribution in [0.1, 0.15) is 13.3 Å². The molecule has 1 aliphatic rings. The largest absolute Gasteiger partial charge is 1.00 e. The van der Waals surface area contributed by atoms with Crippen LogP contribution in [-0.2, 0) is 22.4 Å². The summed E-state index contributed by atoms with van der Waals surface area (Å²) >= 11 is 0. The molecule has 0 unspecified atom stereocenters. The smallest absolute Gasteiger partial charge is 0.438 e. The molecule has 0 radical (unpaired) electrons. The SMILES string of the molecule is CCP1CCC1.[Au+].c1cnc2[n-]ncc2n1. The fraction of sp³-hybridized carbons (Fsp3) is 0.500. The van der Waals surface area contributed by atoms with Gasteiger partial charge >= 0.3 is 22.4 Å². The zero-order valence-electron chi connectivity index (χ0n) is 9.10. The van der Waals surface area contributed by atoms with Gasteiger partial charge < -0.3 is 10.1 Å². The van der Waals surface area contributed by atoms with E-state index in [0.717, 1.165) is 5.52 Å². The van der Waals surface area contributed by atoms with Gasteiger partial charge in [-0.25, -0.2) is 0 Å². The number of fused-ring (bicyclic) bond motifs is 1. The zero-order chi connectivity index (χ0) is 10.5. The topological polar surface area (TPSA) is 52.8 Å². The summed E-state index contributed by atoms with van der Waals surface area (Å²) in [7, 11) is 0.604. The Morgan fingerprint density at radius 2 is 2.06 bits per heavy atom. The van der Waals surface area contributed by atoms with Crippen LogP contribution in [0.2, 0.25) is 0 Å². The van der Waals surface area contributed by atoms with Gasteiger partial charge in [-0.05, 0) is 30.6 Å². The standard InChI is InChI=1S/C5H3N4.C5H11P.Au/c1-2-7-5-4(6-1)3-8-9-5;1-2-6-4-3-5-6;/h1-3H;2-5H2,1H3;/q-1;;+1. The molecule has 4 nitrogen and oxygen atoms in total. The number of rotatable bonds is 1. The van der Waals surface area contributed by atoms with Crippen molar-refractivity contribution in [2.75, 3.05) is 18.5 Å². The Balaban J connectivity index is 0.000000162. The van der Waals surface area contributed by atoms with E-state index in [9.17, 15) is 0 Å². The van der Waals surface area contributed by atoms with Crippen LogP contribution in [0, 0.1) is 0 Å². The summed E-state index contributed by atoms with van der Waals surface area (Å²) < 4.78 is 0. The molecule has 0 atom stereocenters. The average Bonchev–Trinajstić information content (AvgIpc) is 2.64. The van der Waals surface area contributed by atoms with E-state index in [1.54, 1.807) is 30.9 Å². The molecule has 0 spiro atoms. The Bertz CT molecular complexity index is 383. The van der Waals surface area contributed by atoms with Crippen molar-refractivity contribution in [1.82, 2.24) is 20.2 Å². The fourth-order valence-corrected chi connectivity index (χ4v) is 2.74. The van der Waals surface area contributed by atoms with Gasteiger partial charge in [0.25, 0.3) is 0 Å². The first kappa shape index (κ1) is 13.8. The van der Waals surface area contributed by atoms with Crippen LogP contribution in [0.25, 0.3) is 11.2 Å². The number of aromatic nitrogens is 4. The minimum Gasteiger partial charge on any atom is -0.438 e. The third kappa shape index (κ3) is 3.63. The summed E-state index contributed by atoms with van der Waals surface area (Å²) in [5.41, 5.74) is 1.36. The van der Waals surface area contributed by atoms with E-state index in [1.807, 2.05) is 0 Å². The monoisotopic (exact) mass is 418 g/mol. The predicted molar refractivity (Wildman–Crippen MR) is 62.5 cm³/mol. The number of hydrogen-bond donors (Lipinski definition) is 0. The van der Waals surface area contributed by atoms with Gasteiger partial charge in [0.05, 0.1) is 11.7 Å². The summed E-state index contributed by atoms with van der Waals surface area (Å²) in [4.78, 5) is 7.86. The van der Waals surface area contributed by atoms with Crippen molar-refractivity contribution in [2.45, 2.75) is 13.3 Å². The van der Waals surface area contributed by atoms with Crippen molar-refractivity contribution in [3.8, 4) is 0 Å². The molecule has 6 heteroatoms. The van der Waals surface area contributed by atoms with Gasteiger partial charge in [0.15, 0.2) is 0 Å². The van der Waals surface area contributed by atoms with Crippen molar-refractivity contribution >= 4 is 19.1 Å². The van der Waals surface area contributed by atoms with Crippen LogP contribution < -0.4 is 5.10 Å². The molecule has 1 fully saturated rings. The van der Waals surface area contributed by atoms with Crippen LogP contribution in [0.3, 0.4) is 0 Å². The second kappa shape index (κ2) is 7.13. The van der Waals surface area contributed by atoms with Gasteiger partial charge in [0.1, 0.15) is 0 Å². The van der Waals surface area contributed by atoms with Crippen LogP contribution in [-0.4, -0.2) is 33.6 Å². The molecule has 0 saturated carbocycles. The van der Waals surface area contributed by atoms with E-state index < -0.39 is 0 Å². The van der Waals surface area contributed by atoms with Crippen molar-refractivity contribution in [2.24, 2.45) is 0 Å². The summed E-state index contributed by atoms with van der Waals surface area (Å²) in [6, 6.07) is 0. The second-order valence-electron chi connectivity index (χ2n) is 3.40. The Kier molecular flexibility index (Phi) is 6.14. The molecule has 16 heavy (non-hydrogen) atoms. The quantitative estimate of drug-likeness (QED) is 0.525. The van der Waals surface area contributed by atoms with Gasteiger partial charge in [-0.2, -0.15) is 0 Å². The molecule has 1 saturated heterocycles. The third-order valence-corrected chi connectivity index (χ3v) is 5.23. The van der Waals surface area contributed by atoms with Gasteiger partial charge in [-0.15, -0.1) is 7.92 Å². The van der Waals surface area contributed by atoms with E-state index in [-0.39, 0.29) is 22.4 Å². The molecule has 1 aliphatic heterocycles. The van der Waals surface area contributed by atoms with Crippen molar-refractivity contribution in [3.05, 3.63) is 18.6 Å². The molecular formula is C10H14AuN4P. The van der Waals surface area contributed by atoms with Gasteiger partial charge in [-0.1, -0.05) is 13.1 Å². The van der Waals surface area contributed by atoms with Gasteiger partial charge in [-0.3, -0.25) is 10.1 Å². The average molecular weight is 418 g/mol. The van der Waals surface area contributed by atoms with Crippen molar-refractivity contribution in [1.29, 1.82) is 0 Å². The molecule has 0 aliphatic carbocycles. The van der Waals surface area contributed by atoms with Crippen LogP contribution in [0.4, 0.5) is 0 Å². The van der Waals surface area contributed by atoms with Crippen LogP contribution in [0.5, 0.6) is 0 Å². The molecule has 2 aromatic rings. The number of nitrogens with zero attached hydrogens (tertiary/aromatic N) is 4. The molecule has 0 amide bonds. The summed E-state index contributed by atoms with van der Waals surface area (Å²) in [6.07, 6.45) is 11.0. The van der Waals surface area contributed by atoms with Crippen LogP contribution in [0.15, 0.2) is 18.6 Å². The number of hydrogen-bond acceptors (Lipinski definition) is 3. The molecule has 0 aromatic carbocycles. The molecule has 90 valence electrons. The summed E-state index contributed by atoms with van der Waals surface area (Å²) in [5, 5.41) is 7.32. The maximum Gasteiger partial charge on any atom is 1.00 e. The maximum absolute atomic E-state index is 3.95. The Morgan fingerprint density at radius 3 is 2.56 bits per heavy atom. The Morgan fingerprint density at radius 1 is 1.31 bits per heavy atom. The molecule has 3 rings (SSSR count). The fourth-order valence-electron chi connectivity index (χ4n) is 1.35. The first-order valence-corrected chi connectivity index (χ1v) is 7.07. The molecule has 2 aromatic heterocycles. The first-order chi connectivity index (χ1) is 7.40. The first-order valence-electron chi connectivity index (χ1n) is 5.17. The van der Waals surface area contributed by atoms with Crippen molar-refractivity contribution in [3.63, 3.8) is 0 Å². The third-order valence-electron chi connectivity index (χ3n) is 2.43. The minimum atomic E-state index is 0. The second-order valence-corrected chi connectivity index (χ2v) is 6.27. The summed E-state index contributed by atoms with van der Waals surface area (Å²) in [6.45, 7) is 2.31. The summed E-state index contributed by atoms with van der Waals surface area (Å²) in [5.74, 6) is 0. The Labute approximate surface area is 112 Å². The normalized spacial score (nSPS) is 14.6. The predicted octanol–water partition coefficient (Wildman–Crippen LogP) is 1.87. The van der Waals surface area contributed by atoms with Gasteiger partial charge in [0.2, 0.25) is 0 Å². The minimum absolute atomic E-state index is 0. The molecular weight excluding hydrogens is 404 g/mol. The molecule has 3 heterocycles. The van der Waals surface area contributed by atoms with E-state index in [2.05, 4.69) is 27.1 Å². The van der Waals surface area contributed by atoms with Crippen molar-refractivity contribution < 1.29 is 22.4 Å². The molecule has 0 bridgehead atoms. The van der Waals surface area contributed by atoms with E-state index in [0.29, 0.717) is 13.6 Å². The van der Waals surface area contributed by atoms with E-state index in [4.69, 9.17) is 0 Å². The van der Waals surface area contributed by atoms with Gasteiger partial charge in [0, 0.05) is 6.20 Å². The zero-order valence-corrected chi connectivity index (χ0v) is 12.2. The Hall–Kier alpha value is -0.280. The van der Waals surface area contributed by atoms with Crippen LogP contribution >= 0.6 is 7.92 Å². The van der Waals surface area contributed by atoms with E-state index in [1.165, 1.54) is 12.6 Å².